The van der Waals surface area contributed by atoms with Crippen molar-refractivity contribution >= 4 is 0 Å². The summed E-state index contributed by atoms with van der Waals surface area (Å²) < 4.78 is 0. The first kappa shape index (κ1) is 13.5. The average molecular weight is 249 g/mol. The zero-order valence-corrected chi connectivity index (χ0v) is 11.1. The fourth-order valence-electron chi connectivity index (χ4n) is 2.38. The van der Waals surface area contributed by atoms with Crippen LogP contribution in [0.2, 0.25) is 0 Å². The smallest absolute Gasteiger partial charge is 0.0791 e. The van der Waals surface area contributed by atoms with Gasteiger partial charge in [-0.1, -0.05) is 0 Å². The molecule has 4 nitrogen and oxygen atoms in total. The summed E-state index contributed by atoms with van der Waals surface area (Å²) in [7, 11) is 0. The Hall–Kier alpha value is -0.970. The number of aliphatic hydroxyl groups excluding tert-OH is 1. The number of β-amino-alcohol motifs (C(OH)–C–C–N with tert-alkyl or cyclic N) is 1. The maximum atomic E-state index is 9.94. The van der Waals surface area contributed by atoms with E-state index in [9.17, 15) is 5.11 Å². The van der Waals surface area contributed by atoms with Crippen LogP contribution < -0.4 is 5.32 Å². The van der Waals surface area contributed by atoms with Gasteiger partial charge in [-0.15, -0.1) is 0 Å². The fraction of sp³-hybridized carbons (Fsp3) is 0.643. The first-order valence-corrected chi connectivity index (χ1v) is 6.76. The van der Waals surface area contributed by atoms with E-state index >= 15 is 0 Å². The van der Waals surface area contributed by atoms with Gasteiger partial charge in [-0.25, -0.2) is 0 Å². The van der Waals surface area contributed by atoms with Crippen LogP contribution in [0.5, 0.6) is 0 Å². The van der Waals surface area contributed by atoms with E-state index in [1.807, 2.05) is 12.3 Å². The summed E-state index contributed by atoms with van der Waals surface area (Å²) in [4.78, 5) is 6.45. The topological polar surface area (TPSA) is 48.4 Å². The molecule has 1 aliphatic rings. The minimum Gasteiger partial charge on any atom is -0.390 e. The van der Waals surface area contributed by atoms with Gasteiger partial charge in [0.2, 0.25) is 0 Å². The van der Waals surface area contributed by atoms with Crippen molar-refractivity contribution in [2.24, 2.45) is 0 Å². The van der Waals surface area contributed by atoms with E-state index < -0.39 is 0 Å². The molecule has 0 bridgehead atoms. The molecular weight excluding hydrogens is 226 g/mol. The molecule has 1 aromatic rings. The van der Waals surface area contributed by atoms with Crippen LogP contribution in [0, 0.1) is 6.92 Å². The number of hydrogen-bond acceptors (Lipinski definition) is 4. The highest BCUT2D eigenvalue weighted by atomic mass is 16.3. The van der Waals surface area contributed by atoms with Crippen LogP contribution in [0.25, 0.3) is 0 Å². The fourth-order valence-corrected chi connectivity index (χ4v) is 2.38. The number of aryl methyl sites for hydroxylation is 1. The number of aliphatic hydroxyl groups is 1. The van der Waals surface area contributed by atoms with E-state index in [1.54, 1.807) is 6.20 Å². The third kappa shape index (κ3) is 4.05. The number of aromatic nitrogens is 1. The molecule has 0 radical (unpaired) electrons. The summed E-state index contributed by atoms with van der Waals surface area (Å²) in [5.74, 6) is 0. The molecule has 1 aliphatic heterocycles. The van der Waals surface area contributed by atoms with Crippen molar-refractivity contribution in [1.82, 2.24) is 15.2 Å². The first-order chi connectivity index (χ1) is 8.75. The Bertz CT molecular complexity index is 364. The van der Waals surface area contributed by atoms with Crippen LogP contribution in [0.15, 0.2) is 18.5 Å². The summed E-state index contributed by atoms with van der Waals surface area (Å²) in [5.41, 5.74) is 2.44. The quantitative estimate of drug-likeness (QED) is 0.787. The Morgan fingerprint density at radius 3 is 2.94 bits per heavy atom. The molecule has 2 N–H and O–H groups in total. The Morgan fingerprint density at radius 2 is 2.22 bits per heavy atom. The predicted octanol–water partition coefficient (Wildman–Crippen LogP) is 0.936. The number of nitrogens with zero attached hydrogens (tertiary/aromatic N) is 2. The molecule has 18 heavy (non-hydrogen) atoms. The maximum absolute atomic E-state index is 9.94. The minimum absolute atomic E-state index is 0.278. The maximum Gasteiger partial charge on any atom is 0.0791 e. The van der Waals surface area contributed by atoms with E-state index in [-0.39, 0.29) is 6.10 Å². The average Bonchev–Trinajstić information content (AvgIpc) is 2.84. The third-order valence-electron chi connectivity index (χ3n) is 3.51. The SMILES string of the molecule is Cc1ccncc1CNCC(O)CN1CCCC1. The molecule has 0 amide bonds. The molecule has 1 atom stereocenters. The Morgan fingerprint density at radius 1 is 1.44 bits per heavy atom. The summed E-state index contributed by atoms with van der Waals surface area (Å²) in [6.07, 6.45) is 5.96. The third-order valence-corrected chi connectivity index (χ3v) is 3.51. The minimum atomic E-state index is -0.278. The highest BCUT2D eigenvalue weighted by Gasteiger charge is 2.15. The van der Waals surface area contributed by atoms with Gasteiger partial charge in [0.15, 0.2) is 0 Å². The van der Waals surface area contributed by atoms with Crippen LogP contribution in [0.4, 0.5) is 0 Å². The van der Waals surface area contributed by atoms with Crippen LogP contribution >= 0.6 is 0 Å². The molecule has 2 heterocycles. The summed E-state index contributed by atoms with van der Waals surface area (Å²) in [6.45, 7) is 6.57. The molecular formula is C14H23N3O. The van der Waals surface area contributed by atoms with Crippen molar-refractivity contribution in [2.45, 2.75) is 32.4 Å². The summed E-state index contributed by atoms with van der Waals surface area (Å²) >= 11 is 0. The Balaban J connectivity index is 1.67. The number of pyridine rings is 1. The number of nitrogens with one attached hydrogen (secondary N) is 1. The van der Waals surface area contributed by atoms with Gasteiger partial charge in [-0.3, -0.25) is 4.98 Å². The van der Waals surface area contributed by atoms with Crippen molar-refractivity contribution in [2.75, 3.05) is 26.2 Å². The van der Waals surface area contributed by atoms with Gasteiger partial charge in [-0.2, -0.15) is 0 Å². The highest BCUT2D eigenvalue weighted by Crippen LogP contribution is 2.07. The summed E-state index contributed by atoms with van der Waals surface area (Å²) in [6, 6.07) is 2.01. The van der Waals surface area contributed by atoms with Crippen molar-refractivity contribution in [3.63, 3.8) is 0 Å². The zero-order chi connectivity index (χ0) is 12.8. The van der Waals surface area contributed by atoms with Crippen molar-refractivity contribution in [3.05, 3.63) is 29.6 Å². The van der Waals surface area contributed by atoms with E-state index in [2.05, 4.69) is 22.1 Å². The van der Waals surface area contributed by atoms with E-state index in [0.717, 1.165) is 26.2 Å². The lowest BCUT2D eigenvalue weighted by Crippen LogP contribution is -2.36. The predicted molar refractivity (Wildman–Crippen MR) is 72.4 cm³/mol. The molecule has 1 aromatic heterocycles. The van der Waals surface area contributed by atoms with Gasteiger partial charge in [0, 0.05) is 32.0 Å². The second-order valence-corrected chi connectivity index (χ2v) is 5.09. The van der Waals surface area contributed by atoms with Crippen molar-refractivity contribution in [1.29, 1.82) is 0 Å². The highest BCUT2D eigenvalue weighted by molar-refractivity contribution is 5.20. The standard InChI is InChI=1S/C14H23N3O/c1-12-4-5-15-8-13(12)9-16-10-14(18)11-17-6-2-3-7-17/h4-5,8,14,16,18H,2-3,6-7,9-11H2,1H3. The molecule has 1 fully saturated rings. The molecule has 1 unspecified atom stereocenters. The van der Waals surface area contributed by atoms with Gasteiger partial charge < -0.3 is 15.3 Å². The number of likely N-dealkylation sites (tertiary alicyclic amines) is 1. The van der Waals surface area contributed by atoms with Crippen molar-refractivity contribution in [3.8, 4) is 0 Å². The molecule has 100 valence electrons. The lowest BCUT2D eigenvalue weighted by atomic mass is 10.1. The van der Waals surface area contributed by atoms with Crippen LogP contribution in [0.1, 0.15) is 24.0 Å². The Kier molecular flexibility index (Phi) is 5.11. The van der Waals surface area contributed by atoms with Gasteiger partial charge in [-0.05, 0) is 50.0 Å². The number of hydrogen-bond donors (Lipinski definition) is 2. The van der Waals surface area contributed by atoms with Crippen molar-refractivity contribution < 1.29 is 5.11 Å². The summed E-state index contributed by atoms with van der Waals surface area (Å²) in [5, 5.41) is 13.2. The van der Waals surface area contributed by atoms with Crippen LogP contribution in [0.3, 0.4) is 0 Å². The van der Waals surface area contributed by atoms with E-state index in [0.29, 0.717) is 6.54 Å². The molecule has 0 spiro atoms. The molecule has 1 saturated heterocycles. The largest absolute Gasteiger partial charge is 0.390 e. The van der Waals surface area contributed by atoms with Gasteiger partial charge in [0.05, 0.1) is 6.10 Å². The van der Waals surface area contributed by atoms with Gasteiger partial charge in [0.1, 0.15) is 0 Å². The monoisotopic (exact) mass is 249 g/mol. The molecule has 0 aromatic carbocycles. The van der Waals surface area contributed by atoms with E-state index in [4.69, 9.17) is 0 Å². The van der Waals surface area contributed by atoms with Gasteiger partial charge >= 0.3 is 0 Å². The Labute approximate surface area is 109 Å². The van der Waals surface area contributed by atoms with E-state index in [1.165, 1.54) is 24.0 Å². The second-order valence-electron chi connectivity index (χ2n) is 5.09. The lowest BCUT2D eigenvalue weighted by molar-refractivity contribution is 0.123. The first-order valence-electron chi connectivity index (χ1n) is 6.76. The second kappa shape index (κ2) is 6.83. The normalized spacial score (nSPS) is 18.1. The van der Waals surface area contributed by atoms with Crippen LogP contribution in [-0.2, 0) is 6.54 Å². The lowest BCUT2D eigenvalue weighted by Gasteiger charge is -2.19. The van der Waals surface area contributed by atoms with Gasteiger partial charge in [0.25, 0.3) is 0 Å². The molecule has 2 rings (SSSR count). The molecule has 0 saturated carbocycles. The molecule has 4 heteroatoms. The zero-order valence-electron chi connectivity index (χ0n) is 11.1. The van der Waals surface area contributed by atoms with Crippen LogP contribution in [-0.4, -0.2) is 47.3 Å². The number of rotatable bonds is 6. The molecule has 0 aliphatic carbocycles.